The fourth-order valence-electron chi connectivity index (χ4n) is 2.74. The van der Waals surface area contributed by atoms with Crippen molar-refractivity contribution in [2.45, 2.75) is 30.9 Å². The molecule has 1 aromatic carbocycles. The highest BCUT2D eigenvalue weighted by atomic mass is 19.1. The molecule has 17 heavy (non-hydrogen) atoms. The Kier molecular flexibility index (Phi) is 2.56. The summed E-state index contributed by atoms with van der Waals surface area (Å²) in [6.45, 7) is 1.42. The zero-order valence-electron chi connectivity index (χ0n) is 9.62. The molecule has 0 aromatic heterocycles. The number of benzene rings is 1. The first-order chi connectivity index (χ1) is 8.19. The van der Waals surface area contributed by atoms with E-state index in [-0.39, 0.29) is 17.5 Å². The fraction of sp³-hybridized carbons (Fsp3) is 0.538. The van der Waals surface area contributed by atoms with Crippen molar-refractivity contribution in [3.05, 3.63) is 29.6 Å². The molecule has 0 radical (unpaired) electrons. The van der Waals surface area contributed by atoms with Gasteiger partial charge in [-0.1, -0.05) is 0 Å². The molecular weight excluding hydrogens is 221 g/mol. The van der Waals surface area contributed by atoms with Crippen LogP contribution in [0.4, 0.5) is 4.39 Å². The molecule has 1 saturated heterocycles. The first kappa shape index (κ1) is 11.0. The lowest BCUT2D eigenvalue weighted by Crippen LogP contribution is -2.47. The highest BCUT2D eigenvalue weighted by Crippen LogP contribution is 2.43. The van der Waals surface area contributed by atoms with E-state index in [2.05, 4.69) is 0 Å². The van der Waals surface area contributed by atoms with E-state index in [0.29, 0.717) is 13.2 Å². The van der Waals surface area contributed by atoms with Crippen LogP contribution in [-0.4, -0.2) is 18.8 Å². The van der Waals surface area contributed by atoms with Crippen LogP contribution in [0, 0.1) is 5.82 Å². The molecule has 92 valence electrons. The van der Waals surface area contributed by atoms with Gasteiger partial charge in [-0.3, -0.25) is 0 Å². The molecule has 1 atom stereocenters. The molecule has 1 aromatic rings. The van der Waals surface area contributed by atoms with Crippen molar-refractivity contribution >= 4 is 0 Å². The van der Waals surface area contributed by atoms with E-state index in [1.54, 1.807) is 6.07 Å². The maximum absolute atomic E-state index is 13.2. The number of hydrogen-bond acceptors (Lipinski definition) is 3. The Morgan fingerprint density at radius 3 is 2.82 bits per heavy atom. The van der Waals surface area contributed by atoms with Crippen molar-refractivity contribution in [1.29, 1.82) is 0 Å². The van der Waals surface area contributed by atoms with Crippen molar-refractivity contribution < 1.29 is 13.9 Å². The van der Waals surface area contributed by atoms with Gasteiger partial charge in [-0.05, 0) is 18.2 Å². The Bertz CT molecular complexity index is 429. The molecule has 2 aliphatic heterocycles. The van der Waals surface area contributed by atoms with Gasteiger partial charge in [0.1, 0.15) is 17.2 Å². The van der Waals surface area contributed by atoms with E-state index in [1.165, 1.54) is 12.1 Å². The van der Waals surface area contributed by atoms with Crippen molar-refractivity contribution in [2.24, 2.45) is 5.73 Å². The van der Waals surface area contributed by atoms with Crippen LogP contribution < -0.4 is 10.5 Å². The predicted octanol–water partition coefficient (Wildman–Crippen LogP) is 2.16. The molecule has 1 spiro atoms. The highest BCUT2D eigenvalue weighted by molar-refractivity contribution is 5.39. The van der Waals surface area contributed by atoms with Gasteiger partial charge in [0, 0.05) is 30.9 Å². The molecule has 0 bridgehead atoms. The Morgan fingerprint density at radius 2 is 2.06 bits per heavy atom. The number of rotatable bonds is 0. The maximum Gasteiger partial charge on any atom is 0.125 e. The molecule has 4 heteroatoms. The van der Waals surface area contributed by atoms with Crippen LogP contribution in [0.2, 0.25) is 0 Å². The second kappa shape index (κ2) is 3.96. The molecule has 0 aliphatic carbocycles. The summed E-state index contributed by atoms with van der Waals surface area (Å²) in [7, 11) is 0. The van der Waals surface area contributed by atoms with Gasteiger partial charge in [0.2, 0.25) is 0 Å². The lowest BCUT2D eigenvalue weighted by Gasteiger charge is -2.43. The minimum absolute atomic E-state index is 0.146. The smallest absolute Gasteiger partial charge is 0.125 e. The van der Waals surface area contributed by atoms with E-state index >= 15 is 0 Å². The lowest BCUT2D eigenvalue weighted by molar-refractivity contribution is -0.0621. The standard InChI is InChI=1S/C13H16FNO2/c14-9-1-2-12-10(7-9)11(15)8-13(17-12)3-5-16-6-4-13/h1-2,7,11H,3-6,8,15H2. The van der Waals surface area contributed by atoms with E-state index in [4.69, 9.17) is 15.2 Å². The van der Waals surface area contributed by atoms with Crippen LogP contribution >= 0.6 is 0 Å². The molecule has 3 rings (SSSR count). The maximum atomic E-state index is 13.2. The molecular formula is C13H16FNO2. The Labute approximate surface area is 99.7 Å². The molecule has 3 nitrogen and oxygen atoms in total. The summed E-state index contributed by atoms with van der Waals surface area (Å²) in [5.41, 5.74) is 6.71. The summed E-state index contributed by atoms with van der Waals surface area (Å²) in [5.74, 6) is 0.470. The van der Waals surface area contributed by atoms with Gasteiger partial charge in [0.05, 0.1) is 13.2 Å². The molecule has 1 unspecified atom stereocenters. The lowest BCUT2D eigenvalue weighted by atomic mass is 9.82. The zero-order valence-corrected chi connectivity index (χ0v) is 9.62. The van der Waals surface area contributed by atoms with Gasteiger partial charge in [0.25, 0.3) is 0 Å². The van der Waals surface area contributed by atoms with Gasteiger partial charge < -0.3 is 15.2 Å². The summed E-state index contributed by atoms with van der Waals surface area (Å²) < 4.78 is 24.6. The molecule has 2 heterocycles. The van der Waals surface area contributed by atoms with Crippen molar-refractivity contribution in [1.82, 2.24) is 0 Å². The van der Waals surface area contributed by atoms with Crippen LogP contribution in [0.5, 0.6) is 5.75 Å². The Morgan fingerprint density at radius 1 is 1.29 bits per heavy atom. The summed E-state index contributed by atoms with van der Waals surface area (Å²) in [6.07, 6.45) is 2.46. The van der Waals surface area contributed by atoms with E-state index < -0.39 is 0 Å². The monoisotopic (exact) mass is 237 g/mol. The van der Waals surface area contributed by atoms with Gasteiger partial charge >= 0.3 is 0 Å². The average Bonchev–Trinajstić information content (AvgIpc) is 2.31. The number of fused-ring (bicyclic) bond motifs is 1. The van der Waals surface area contributed by atoms with Gasteiger partial charge in [-0.25, -0.2) is 4.39 Å². The van der Waals surface area contributed by atoms with Gasteiger partial charge in [-0.15, -0.1) is 0 Å². The minimum atomic E-state index is -0.259. The Hall–Kier alpha value is -1.13. The van der Waals surface area contributed by atoms with Crippen molar-refractivity contribution in [2.75, 3.05) is 13.2 Å². The topological polar surface area (TPSA) is 44.5 Å². The summed E-state index contributed by atoms with van der Waals surface area (Å²) in [4.78, 5) is 0. The first-order valence-corrected chi connectivity index (χ1v) is 6.00. The largest absolute Gasteiger partial charge is 0.487 e. The SMILES string of the molecule is NC1CC2(CCOCC2)Oc2ccc(F)cc21. The van der Waals surface area contributed by atoms with Crippen molar-refractivity contribution in [3.63, 3.8) is 0 Å². The molecule has 2 N–H and O–H groups in total. The Balaban J connectivity index is 1.94. The number of halogens is 1. The van der Waals surface area contributed by atoms with Crippen LogP contribution in [0.25, 0.3) is 0 Å². The van der Waals surface area contributed by atoms with Gasteiger partial charge in [-0.2, -0.15) is 0 Å². The molecule has 0 amide bonds. The third-order valence-corrected chi connectivity index (χ3v) is 3.69. The quantitative estimate of drug-likeness (QED) is 0.752. The number of nitrogens with two attached hydrogens (primary N) is 1. The normalized spacial score (nSPS) is 26.4. The van der Waals surface area contributed by atoms with E-state index in [9.17, 15) is 4.39 Å². The predicted molar refractivity (Wildman–Crippen MR) is 61.4 cm³/mol. The zero-order chi connectivity index (χ0) is 11.9. The van der Waals surface area contributed by atoms with Crippen LogP contribution in [0.15, 0.2) is 18.2 Å². The van der Waals surface area contributed by atoms with Crippen LogP contribution in [-0.2, 0) is 4.74 Å². The van der Waals surface area contributed by atoms with Crippen LogP contribution in [0.3, 0.4) is 0 Å². The third-order valence-electron chi connectivity index (χ3n) is 3.69. The second-order valence-electron chi connectivity index (χ2n) is 4.89. The summed E-state index contributed by atoms with van der Waals surface area (Å²) in [6, 6.07) is 4.43. The third kappa shape index (κ3) is 1.91. The summed E-state index contributed by atoms with van der Waals surface area (Å²) in [5, 5.41) is 0. The first-order valence-electron chi connectivity index (χ1n) is 6.00. The molecule has 2 aliphatic rings. The molecule has 0 saturated carbocycles. The minimum Gasteiger partial charge on any atom is -0.487 e. The van der Waals surface area contributed by atoms with Crippen LogP contribution in [0.1, 0.15) is 30.9 Å². The number of ether oxygens (including phenoxy) is 2. The summed E-state index contributed by atoms with van der Waals surface area (Å²) >= 11 is 0. The highest BCUT2D eigenvalue weighted by Gasteiger charge is 2.41. The van der Waals surface area contributed by atoms with E-state index in [0.717, 1.165) is 30.6 Å². The molecule has 1 fully saturated rings. The van der Waals surface area contributed by atoms with Gasteiger partial charge in [0.15, 0.2) is 0 Å². The van der Waals surface area contributed by atoms with E-state index in [1.807, 2.05) is 0 Å². The average molecular weight is 237 g/mol. The van der Waals surface area contributed by atoms with Crippen molar-refractivity contribution in [3.8, 4) is 5.75 Å². The second-order valence-corrected chi connectivity index (χ2v) is 4.89. The number of hydrogen-bond donors (Lipinski definition) is 1. The fourth-order valence-corrected chi connectivity index (χ4v) is 2.74.